The number of halogens is 1. The van der Waals surface area contributed by atoms with Crippen LogP contribution in [-0.2, 0) is 4.74 Å². The first-order valence-electron chi connectivity index (χ1n) is 8.04. The van der Waals surface area contributed by atoms with E-state index in [0.29, 0.717) is 33.3 Å². The second-order valence-corrected chi connectivity index (χ2v) is 5.97. The van der Waals surface area contributed by atoms with Crippen molar-refractivity contribution in [3.05, 3.63) is 83.0 Å². The number of carbonyl (C=O) groups excluding carboxylic acids is 2. The standard InChI is InChI=1S/C20H16ClN3O3/c1-27-20(26)13-7-9-16(21)17(11-13)24-18-10-8-14(12-22-18)19(25)23-15-5-3-2-4-6-15/h2-12H,1H3,(H,22,24)(H,23,25). The topological polar surface area (TPSA) is 80.3 Å². The molecule has 2 aromatic carbocycles. The Morgan fingerprint density at radius 1 is 1.00 bits per heavy atom. The lowest BCUT2D eigenvalue weighted by atomic mass is 10.2. The molecule has 27 heavy (non-hydrogen) atoms. The number of pyridine rings is 1. The summed E-state index contributed by atoms with van der Waals surface area (Å²) >= 11 is 6.16. The minimum atomic E-state index is -0.462. The van der Waals surface area contributed by atoms with Crippen molar-refractivity contribution in [2.45, 2.75) is 0 Å². The maximum atomic E-state index is 12.2. The summed E-state index contributed by atoms with van der Waals surface area (Å²) in [6, 6.07) is 17.2. The Labute approximate surface area is 161 Å². The Balaban J connectivity index is 1.72. The molecule has 6 nitrogen and oxygen atoms in total. The number of carbonyl (C=O) groups is 2. The van der Waals surface area contributed by atoms with E-state index in [9.17, 15) is 9.59 Å². The lowest BCUT2D eigenvalue weighted by molar-refractivity contribution is 0.0600. The molecule has 136 valence electrons. The van der Waals surface area contributed by atoms with Gasteiger partial charge in [-0.1, -0.05) is 29.8 Å². The minimum Gasteiger partial charge on any atom is -0.465 e. The van der Waals surface area contributed by atoms with Gasteiger partial charge in [0.15, 0.2) is 0 Å². The lowest BCUT2D eigenvalue weighted by Crippen LogP contribution is -2.12. The summed E-state index contributed by atoms with van der Waals surface area (Å²) in [5.74, 6) is -0.239. The number of esters is 1. The molecule has 0 unspecified atom stereocenters. The molecule has 0 saturated heterocycles. The molecule has 0 aliphatic carbocycles. The van der Waals surface area contributed by atoms with E-state index in [1.54, 1.807) is 42.5 Å². The molecule has 0 spiro atoms. The third-order valence-electron chi connectivity index (χ3n) is 3.71. The summed E-state index contributed by atoms with van der Waals surface area (Å²) in [7, 11) is 1.31. The SMILES string of the molecule is COC(=O)c1ccc(Cl)c(Nc2ccc(C(=O)Nc3ccccc3)cn2)c1. The van der Waals surface area contributed by atoms with Gasteiger partial charge in [-0.05, 0) is 42.5 Å². The Bertz CT molecular complexity index is 960. The van der Waals surface area contributed by atoms with Crippen LogP contribution in [0.25, 0.3) is 0 Å². The van der Waals surface area contributed by atoms with E-state index in [1.165, 1.54) is 13.3 Å². The van der Waals surface area contributed by atoms with Gasteiger partial charge in [-0.15, -0.1) is 0 Å². The van der Waals surface area contributed by atoms with Crippen LogP contribution in [0.3, 0.4) is 0 Å². The molecule has 7 heteroatoms. The van der Waals surface area contributed by atoms with E-state index in [1.807, 2.05) is 18.2 Å². The number of amides is 1. The van der Waals surface area contributed by atoms with Crippen LogP contribution in [0.2, 0.25) is 5.02 Å². The van der Waals surface area contributed by atoms with Crippen LogP contribution in [-0.4, -0.2) is 24.0 Å². The molecule has 0 saturated carbocycles. The van der Waals surface area contributed by atoms with E-state index in [0.717, 1.165) is 0 Å². The van der Waals surface area contributed by atoms with Crippen LogP contribution in [0.5, 0.6) is 0 Å². The molecule has 1 heterocycles. The molecular formula is C20H16ClN3O3. The van der Waals surface area contributed by atoms with E-state index in [-0.39, 0.29) is 5.91 Å². The Morgan fingerprint density at radius 2 is 1.74 bits per heavy atom. The average Bonchev–Trinajstić information content (AvgIpc) is 2.70. The second-order valence-electron chi connectivity index (χ2n) is 5.56. The second kappa shape index (κ2) is 8.33. The molecule has 3 aromatic rings. The van der Waals surface area contributed by atoms with Gasteiger partial charge in [-0.2, -0.15) is 0 Å². The van der Waals surface area contributed by atoms with Gasteiger partial charge < -0.3 is 15.4 Å². The van der Waals surface area contributed by atoms with Crippen molar-refractivity contribution < 1.29 is 14.3 Å². The van der Waals surface area contributed by atoms with Crippen molar-refractivity contribution in [1.29, 1.82) is 0 Å². The number of aromatic nitrogens is 1. The number of benzene rings is 2. The van der Waals surface area contributed by atoms with Crippen LogP contribution in [0.15, 0.2) is 66.9 Å². The number of rotatable bonds is 5. The van der Waals surface area contributed by atoms with E-state index < -0.39 is 5.97 Å². The van der Waals surface area contributed by atoms with Gasteiger partial charge in [0.1, 0.15) is 5.82 Å². The number of nitrogens with one attached hydrogen (secondary N) is 2. The van der Waals surface area contributed by atoms with Crippen LogP contribution in [0, 0.1) is 0 Å². The largest absolute Gasteiger partial charge is 0.465 e. The van der Waals surface area contributed by atoms with Gasteiger partial charge in [0.05, 0.1) is 28.9 Å². The molecule has 1 amide bonds. The fourth-order valence-electron chi connectivity index (χ4n) is 2.33. The highest BCUT2D eigenvalue weighted by Gasteiger charge is 2.11. The number of anilines is 3. The van der Waals surface area contributed by atoms with Crippen molar-refractivity contribution in [3.8, 4) is 0 Å². The van der Waals surface area contributed by atoms with E-state index in [2.05, 4.69) is 15.6 Å². The van der Waals surface area contributed by atoms with Crippen molar-refractivity contribution in [2.24, 2.45) is 0 Å². The third-order valence-corrected chi connectivity index (χ3v) is 4.04. The summed E-state index contributed by atoms with van der Waals surface area (Å²) < 4.78 is 4.70. The van der Waals surface area contributed by atoms with Crippen LogP contribution in [0.1, 0.15) is 20.7 Å². The van der Waals surface area contributed by atoms with Gasteiger partial charge in [-0.3, -0.25) is 4.79 Å². The third kappa shape index (κ3) is 4.62. The highest BCUT2D eigenvalue weighted by molar-refractivity contribution is 6.33. The van der Waals surface area contributed by atoms with Gasteiger partial charge in [0.2, 0.25) is 0 Å². The van der Waals surface area contributed by atoms with E-state index in [4.69, 9.17) is 16.3 Å². The molecule has 0 aliphatic rings. The van der Waals surface area contributed by atoms with Crippen LogP contribution in [0.4, 0.5) is 17.2 Å². The fourth-order valence-corrected chi connectivity index (χ4v) is 2.50. The monoisotopic (exact) mass is 381 g/mol. The zero-order valence-corrected chi connectivity index (χ0v) is 15.2. The highest BCUT2D eigenvalue weighted by Crippen LogP contribution is 2.26. The first-order chi connectivity index (χ1) is 13.1. The molecule has 1 aromatic heterocycles. The average molecular weight is 382 g/mol. The first kappa shape index (κ1) is 18.4. The predicted molar refractivity (Wildman–Crippen MR) is 105 cm³/mol. The number of hydrogen-bond donors (Lipinski definition) is 2. The Kier molecular flexibility index (Phi) is 5.68. The number of para-hydroxylation sites is 1. The fraction of sp³-hybridized carbons (Fsp3) is 0.0500. The summed E-state index contributed by atoms with van der Waals surface area (Å²) in [6.07, 6.45) is 1.46. The molecule has 0 fully saturated rings. The summed E-state index contributed by atoms with van der Waals surface area (Å²) in [5.41, 5.74) is 1.99. The maximum absolute atomic E-state index is 12.2. The Hall–Kier alpha value is -3.38. The summed E-state index contributed by atoms with van der Waals surface area (Å²) in [4.78, 5) is 28.1. The molecule has 0 radical (unpaired) electrons. The number of nitrogens with zero attached hydrogens (tertiary/aromatic N) is 1. The normalized spacial score (nSPS) is 10.1. The van der Waals surface area contributed by atoms with Crippen LogP contribution >= 0.6 is 11.6 Å². The first-order valence-corrected chi connectivity index (χ1v) is 8.42. The number of ether oxygens (including phenoxy) is 1. The quantitative estimate of drug-likeness (QED) is 0.635. The van der Waals surface area contributed by atoms with Gasteiger partial charge in [0.25, 0.3) is 5.91 Å². The molecular weight excluding hydrogens is 366 g/mol. The van der Waals surface area contributed by atoms with E-state index >= 15 is 0 Å². The zero-order valence-electron chi connectivity index (χ0n) is 14.4. The zero-order chi connectivity index (χ0) is 19.2. The lowest BCUT2D eigenvalue weighted by Gasteiger charge is -2.10. The molecule has 2 N–H and O–H groups in total. The van der Waals surface area contributed by atoms with Crippen molar-refractivity contribution in [3.63, 3.8) is 0 Å². The van der Waals surface area contributed by atoms with Gasteiger partial charge >= 0.3 is 5.97 Å². The smallest absolute Gasteiger partial charge is 0.337 e. The van der Waals surface area contributed by atoms with Crippen LogP contribution < -0.4 is 10.6 Å². The molecule has 0 aliphatic heterocycles. The highest BCUT2D eigenvalue weighted by atomic mass is 35.5. The van der Waals surface area contributed by atoms with Crippen molar-refractivity contribution in [2.75, 3.05) is 17.7 Å². The predicted octanol–water partition coefficient (Wildman–Crippen LogP) is 4.52. The Morgan fingerprint density at radius 3 is 2.41 bits per heavy atom. The number of hydrogen-bond acceptors (Lipinski definition) is 5. The minimum absolute atomic E-state index is 0.258. The van der Waals surface area contributed by atoms with Crippen molar-refractivity contribution in [1.82, 2.24) is 4.98 Å². The van der Waals surface area contributed by atoms with Gasteiger partial charge in [0, 0.05) is 11.9 Å². The maximum Gasteiger partial charge on any atom is 0.337 e. The molecule has 0 bridgehead atoms. The number of methoxy groups -OCH3 is 1. The molecule has 3 rings (SSSR count). The molecule has 0 atom stereocenters. The van der Waals surface area contributed by atoms with Gasteiger partial charge in [-0.25, -0.2) is 9.78 Å². The summed E-state index contributed by atoms with van der Waals surface area (Å²) in [5, 5.41) is 6.24. The summed E-state index contributed by atoms with van der Waals surface area (Å²) in [6.45, 7) is 0. The van der Waals surface area contributed by atoms with Crippen molar-refractivity contribution >= 4 is 40.7 Å².